The van der Waals surface area contributed by atoms with E-state index in [-0.39, 0.29) is 24.0 Å². The lowest BCUT2D eigenvalue weighted by atomic mass is 9.94. The Balaban J connectivity index is 1.85. The standard InChI is InChI=1S/C19H27FN2O2/c1-14(11-18(23)16-5-4-6-17(20)12-16)19(24)22-9-7-15(8-10-22)13-21(2)3/h4-6,12,14-15H,7-11,13H2,1-3H3. The normalized spacial score (nSPS) is 17.1. The van der Waals surface area contributed by atoms with Gasteiger partial charge in [-0.1, -0.05) is 19.1 Å². The molecule has 2 rings (SSSR count). The largest absolute Gasteiger partial charge is 0.342 e. The Morgan fingerprint density at radius 1 is 1.29 bits per heavy atom. The molecular weight excluding hydrogens is 307 g/mol. The minimum absolute atomic E-state index is 0.0306. The van der Waals surface area contributed by atoms with Gasteiger partial charge >= 0.3 is 0 Å². The van der Waals surface area contributed by atoms with E-state index in [1.54, 1.807) is 13.0 Å². The molecule has 5 heteroatoms. The van der Waals surface area contributed by atoms with Gasteiger partial charge in [-0.05, 0) is 45.0 Å². The van der Waals surface area contributed by atoms with E-state index in [1.165, 1.54) is 18.2 Å². The number of carbonyl (C=O) groups excluding carboxylic acids is 2. The fraction of sp³-hybridized carbons (Fsp3) is 0.579. The van der Waals surface area contributed by atoms with E-state index < -0.39 is 5.82 Å². The van der Waals surface area contributed by atoms with Crippen molar-refractivity contribution in [3.8, 4) is 0 Å². The first-order chi connectivity index (χ1) is 11.4. The number of benzene rings is 1. The van der Waals surface area contributed by atoms with Crippen molar-refractivity contribution in [3.63, 3.8) is 0 Å². The third kappa shape index (κ3) is 5.13. The van der Waals surface area contributed by atoms with Gasteiger partial charge in [0.05, 0.1) is 0 Å². The number of hydrogen-bond acceptors (Lipinski definition) is 3. The van der Waals surface area contributed by atoms with Crippen molar-refractivity contribution < 1.29 is 14.0 Å². The van der Waals surface area contributed by atoms with Crippen LogP contribution >= 0.6 is 0 Å². The predicted molar refractivity (Wildman–Crippen MR) is 92.4 cm³/mol. The van der Waals surface area contributed by atoms with Crippen LogP contribution in [0, 0.1) is 17.7 Å². The quantitative estimate of drug-likeness (QED) is 0.751. The summed E-state index contributed by atoms with van der Waals surface area (Å²) in [5.74, 6) is -0.317. The maximum atomic E-state index is 13.2. The Kier molecular flexibility index (Phi) is 6.49. The summed E-state index contributed by atoms with van der Waals surface area (Å²) >= 11 is 0. The maximum absolute atomic E-state index is 13.2. The molecule has 1 aromatic rings. The summed E-state index contributed by atoms with van der Waals surface area (Å²) in [5, 5.41) is 0. The molecule has 0 radical (unpaired) electrons. The number of nitrogens with zero attached hydrogens (tertiary/aromatic N) is 2. The van der Waals surface area contributed by atoms with Crippen molar-refractivity contribution in [3.05, 3.63) is 35.6 Å². The minimum atomic E-state index is -0.428. The molecule has 24 heavy (non-hydrogen) atoms. The smallest absolute Gasteiger partial charge is 0.225 e. The Morgan fingerprint density at radius 3 is 2.54 bits per heavy atom. The van der Waals surface area contributed by atoms with Crippen LogP contribution in [0.1, 0.15) is 36.5 Å². The monoisotopic (exact) mass is 334 g/mol. The third-order valence-electron chi connectivity index (χ3n) is 4.61. The summed E-state index contributed by atoms with van der Waals surface area (Å²) in [5.41, 5.74) is 0.333. The highest BCUT2D eigenvalue weighted by Crippen LogP contribution is 2.21. The molecule has 4 nitrogen and oxygen atoms in total. The molecule has 0 aromatic heterocycles. The molecule has 0 aliphatic carbocycles. The number of rotatable bonds is 6. The van der Waals surface area contributed by atoms with Gasteiger partial charge in [0.1, 0.15) is 5.82 Å². The van der Waals surface area contributed by atoms with Gasteiger partial charge in [-0.2, -0.15) is 0 Å². The highest BCUT2D eigenvalue weighted by molar-refractivity contribution is 5.98. The molecule has 0 bridgehead atoms. The molecule has 1 saturated heterocycles. The molecule has 0 N–H and O–H groups in total. The van der Waals surface area contributed by atoms with Crippen LogP contribution in [0.15, 0.2) is 24.3 Å². The van der Waals surface area contributed by atoms with Crippen molar-refractivity contribution in [2.24, 2.45) is 11.8 Å². The highest BCUT2D eigenvalue weighted by atomic mass is 19.1. The van der Waals surface area contributed by atoms with Crippen LogP contribution in [0.3, 0.4) is 0 Å². The fourth-order valence-electron chi connectivity index (χ4n) is 3.31. The third-order valence-corrected chi connectivity index (χ3v) is 4.61. The fourth-order valence-corrected chi connectivity index (χ4v) is 3.31. The molecule has 1 unspecified atom stereocenters. The molecule has 1 aromatic carbocycles. The summed E-state index contributed by atoms with van der Waals surface area (Å²) in [4.78, 5) is 28.8. The van der Waals surface area contributed by atoms with Crippen molar-refractivity contribution in [2.75, 3.05) is 33.7 Å². The molecule has 132 valence electrons. The molecular formula is C19H27FN2O2. The van der Waals surface area contributed by atoms with Gasteiger partial charge in [0, 0.05) is 37.5 Å². The van der Waals surface area contributed by atoms with E-state index in [4.69, 9.17) is 0 Å². The van der Waals surface area contributed by atoms with Gasteiger partial charge in [0.15, 0.2) is 5.78 Å². The molecule has 0 spiro atoms. The SMILES string of the molecule is CC(CC(=O)c1cccc(F)c1)C(=O)N1CCC(CN(C)C)CC1. The zero-order valence-corrected chi connectivity index (χ0v) is 14.8. The van der Waals surface area contributed by atoms with E-state index in [1.807, 2.05) is 4.90 Å². The Bertz CT molecular complexity index is 580. The molecule has 1 atom stereocenters. The van der Waals surface area contributed by atoms with Crippen LogP contribution in [0.25, 0.3) is 0 Å². The van der Waals surface area contributed by atoms with E-state index in [0.29, 0.717) is 11.5 Å². The van der Waals surface area contributed by atoms with Gasteiger partial charge in [-0.25, -0.2) is 4.39 Å². The van der Waals surface area contributed by atoms with E-state index >= 15 is 0 Å². The van der Waals surface area contributed by atoms with Gasteiger partial charge in [0.25, 0.3) is 0 Å². The molecule has 1 amide bonds. The number of hydrogen-bond donors (Lipinski definition) is 0. The summed E-state index contributed by atoms with van der Waals surface area (Å²) in [6.45, 7) is 4.35. The second kappa shape index (κ2) is 8.38. The van der Waals surface area contributed by atoms with Gasteiger partial charge in [0.2, 0.25) is 5.91 Å². The molecule has 1 aliphatic heterocycles. The first-order valence-electron chi connectivity index (χ1n) is 8.59. The molecule has 1 heterocycles. The molecule has 0 saturated carbocycles. The van der Waals surface area contributed by atoms with Crippen LogP contribution in [0.4, 0.5) is 4.39 Å². The van der Waals surface area contributed by atoms with Crippen molar-refractivity contribution in [2.45, 2.75) is 26.2 Å². The lowest BCUT2D eigenvalue weighted by Gasteiger charge is -2.34. The Morgan fingerprint density at radius 2 is 1.96 bits per heavy atom. The second-order valence-corrected chi connectivity index (χ2v) is 7.07. The van der Waals surface area contributed by atoms with Crippen molar-refractivity contribution in [1.29, 1.82) is 0 Å². The lowest BCUT2D eigenvalue weighted by Crippen LogP contribution is -2.43. The average Bonchev–Trinajstić information content (AvgIpc) is 2.54. The summed E-state index contributed by atoms with van der Waals surface area (Å²) in [6, 6.07) is 5.65. The predicted octanol–water partition coefficient (Wildman–Crippen LogP) is 2.83. The summed E-state index contributed by atoms with van der Waals surface area (Å²) < 4.78 is 13.2. The van der Waals surface area contributed by atoms with E-state index in [9.17, 15) is 14.0 Å². The second-order valence-electron chi connectivity index (χ2n) is 7.07. The van der Waals surface area contributed by atoms with E-state index in [0.717, 1.165) is 32.5 Å². The van der Waals surface area contributed by atoms with Gasteiger partial charge in [-0.15, -0.1) is 0 Å². The number of Topliss-reactive ketones (excluding diaryl/α,β-unsaturated/α-hetero) is 1. The Labute approximate surface area is 143 Å². The average molecular weight is 334 g/mol. The van der Waals surface area contributed by atoms with E-state index in [2.05, 4.69) is 19.0 Å². The number of amides is 1. The molecule has 1 aliphatic rings. The topological polar surface area (TPSA) is 40.6 Å². The summed E-state index contributed by atoms with van der Waals surface area (Å²) in [6.07, 6.45) is 2.14. The van der Waals surface area contributed by atoms with Crippen LogP contribution in [0.2, 0.25) is 0 Å². The zero-order valence-electron chi connectivity index (χ0n) is 14.8. The first kappa shape index (κ1) is 18.6. The first-order valence-corrected chi connectivity index (χ1v) is 8.59. The van der Waals surface area contributed by atoms with Crippen LogP contribution in [-0.2, 0) is 4.79 Å². The lowest BCUT2D eigenvalue weighted by molar-refractivity contribution is -0.136. The van der Waals surface area contributed by atoms with Crippen LogP contribution in [0.5, 0.6) is 0 Å². The number of ketones is 1. The van der Waals surface area contributed by atoms with Crippen molar-refractivity contribution >= 4 is 11.7 Å². The maximum Gasteiger partial charge on any atom is 0.225 e. The molecule has 1 fully saturated rings. The van der Waals surface area contributed by atoms with Crippen LogP contribution < -0.4 is 0 Å². The van der Waals surface area contributed by atoms with Crippen LogP contribution in [-0.4, -0.2) is 55.2 Å². The van der Waals surface area contributed by atoms with Crippen molar-refractivity contribution in [1.82, 2.24) is 9.80 Å². The number of likely N-dealkylation sites (tertiary alicyclic amines) is 1. The highest BCUT2D eigenvalue weighted by Gasteiger charge is 2.27. The zero-order chi connectivity index (χ0) is 17.7. The number of carbonyl (C=O) groups is 2. The summed E-state index contributed by atoms with van der Waals surface area (Å²) in [7, 11) is 4.13. The van der Waals surface area contributed by atoms with Gasteiger partial charge in [-0.3, -0.25) is 9.59 Å². The van der Waals surface area contributed by atoms with Gasteiger partial charge < -0.3 is 9.80 Å². The minimum Gasteiger partial charge on any atom is -0.342 e. The number of halogens is 1. The Hall–Kier alpha value is -1.75. The number of piperidine rings is 1.